The quantitative estimate of drug-likeness (QED) is 0.606. The Hall–Kier alpha value is -2.71. The van der Waals surface area contributed by atoms with Gasteiger partial charge in [0, 0.05) is 17.7 Å². The van der Waals surface area contributed by atoms with Crippen LogP contribution in [0.25, 0.3) is 5.65 Å². The zero-order chi connectivity index (χ0) is 22.6. The summed E-state index contributed by atoms with van der Waals surface area (Å²) in [5.74, 6) is -0.331. The number of hydrogen-bond donors (Lipinski definition) is 1. The topological polar surface area (TPSA) is 71.8 Å². The average molecular weight is 474 g/mol. The van der Waals surface area contributed by atoms with Gasteiger partial charge in [0.05, 0.1) is 40.8 Å². The molecule has 3 heterocycles. The molecule has 1 amide bonds. The fourth-order valence-corrected chi connectivity index (χ4v) is 4.81. The summed E-state index contributed by atoms with van der Waals surface area (Å²) in [5, 5.41) is 8.48. The van der Waals surface area contributed by atoms with Gasteiger partial charge >= 0.3 is 0 Å². The summed E-state index contributed by atoms with van der Waals surface area (Å²) in [6.45, 7) is 4.50. The molecule has 1 aromatic carbocycles. The van der Waals surface area contributed by atoms with E-state index in [0.29, 0.717) is 41.1 Å². The summed E-state index contributed by atoms with van der Waals surface area (Å²) in [6, 6.07) is 4.50. The monoisotopic (exact) mass is 473 g/mol. The van der Waals surface area contributed by atoms with Crippen molar-refractivity contribution < 1.29 is 13.9 Å². The van der Waals surface area contributed by atoms with Crippen molar-refractivity contribution in [2.45, 2.75) is 65.8 Å². The Morgan fingerprint density at radius 2 is 2.06 bits per heavy atom. The fraction of sp³-hybridized carbons (Fsp3) is 0.458. The van der Waals surface area contributed by atoms with E-state index in [1.54, 1.807) is 9.42 Å². The van der Waals surface area contributed by atoms with Crippen molar-refractivity contribution >= 4 is 23.2 Å². The Bertz CT molecular complexity index is 1230. The first-order valence-electron chi connectivity index (χ1n) is 10.8. The lowest BCUT2D eigenvalue weighted by Crippen LogP contribution is -2.27. The van der Waals surface area contributed by atoms with Gasteiger partial charge in [-0.15, -0.1) is 0 Å². The zero-order valence-corrected chi connectivity index (χ0v) is 19.0. The Kier molecular flexibility index (Phi) is 6.33. The number of fused-ring (bicyclic) bond motifs is 3. The predicted octanol–water partition coefficient (Wildman–Crippen LogP) is 4.45. The maximum absolute atomic E-state index is 14.0. The highest BCUT2D eigenvalue weighted by molar-refractivity contribution is 6.31. The van der Waals surface area contributed by atoms with Crippen molar-refractivity contribution in [3.05, 3.63) is 57.2 Å². The average Bonchev–Trinajstić information content (AvgIpc) is 3.47. The van der Waals surface area contributed by atoms with Crippen LogP contribution in [0, 0.1) is 19.7 Å². The van der Waals surface area contributed by atoms with E-state index in [1.807, 2.05) is 20.9 Å². The summed E-state index contributed by atoms with van der Waals surface area (Å²) >= 11 is 6.32. The molecule has 5 rings (SSSR count). The van der Waals surface area contributed by atoms with Crippen LogP contribution in [0.2, 0.25) is 5.02 Å². The van der Waals surface area contributed by atoms with Gasteiger partial charge in [0.25, 0.3) is 5.91 Å². The number of nitrogens with zero attached hydrogens (tertiary/aromatic N) is 4. The van der Waals surface area contributed by atoms with E-state index in [2.05, 4.69) is 15.4 Å². The van der Waals surface area contributed by atoms with Crippen molar-refractivity contribution in [1.82, 2.24) is 24.8 Å². The number of benzene rings is 1. The van der Waals surface area contributed by atoms with Crippen LogP contribution in [0.5, 0.6) is 5.75 Å². The molecule has 0 saturated heterocycles. The minimum absolute atomic E-state index is 0. The molecule has 9 heteroatoms. The lowest BCUT2D eigenvalue weighted by molar-refractivity contribution is 0.0742. The van der Waals surface area contributed by atoms with Crippen molar-refractivity contribution in [2.24, 2.45) is 0 Å². The molecule has 1 aliphatic heterocycles. The van der Waals surface area contributed by atoms with Crippen molar-refractivity contribution in [1.29, 1.82) is 0 Å². The van der Waals surface area contributed by atoms with E-state index in [1.165, 1.54) is 18.2 Å². The second kappa shape index (κ2) is 8.91. The molecule has 1 fully saturated rings. The molecule has 0 bridgehead atoms. The minimum atomic E-state index is -0.422. The van der Waals surface area contributed by atoms with Gasteiger partial charge in [0.2, 0.25) is 0 Å². The third kappa shape index (κ3) is 4.06. The first kappa shape index (κ1) is 23.4. The maximum atomic E-state index is 14.0. The number of aromatic nitrogens is 3. The van der Waals surface area contributed by atoms with Gasteiger partial charge < -0.3 is 15.0 Å². The van der Waals surface area contributed by atoms with E-state index in [-0.39, 0.29) is 19.4 Å². The van der Waals surface area contributed by atoms with Gasteiger partial charge in [-0.1, -0.05) is 19.0 Å². The van der Waals surface area contributed by atoms with E-state index >= 15 is 0 Å². The third-order valence-corrected chi connectivity index (χ3v) is 7.05. The Morgan fingerprint density at radius 1 is 1.27 bits per heavy atom. The van der Waals surface area contributed by atoms with Gasteiger partial charge in [0.15, 0.2) is 5.65 Å². The SMILES string of the molecule is C.CN[C@@H]1CC[C@H](Oc2cc(F)ccc2C(=O)N2Cc3nn4c(C)c(Cl)c(C)nc4c3C2)C1. The summed E-state index contributed by atoms with van der Waals surface area (Å²) in [7, 11) is 1.93. The maximum Gasteiger partial charge on any atom is 0.258 e. The van der Waals surface area contributed by atoms with Crippen molar-refractivity contribution in [3.8, 4) is 5.75 Å². The van der Waals surface area contributed by atoms with E-state index in [4.69, 9.17) is 16.3 Å². The van der Waals surface area contributed by atoms with Crippen LogP contribution in [-0.4, -0.2) is 44.6 Å². The number of carbonyl (C=O) groups is 1. The molecule has 1 saturated carbocycles. The van der Waals surface area contributed by atoms with Crippen LogP contribution in [0.1, 0.15) is 59.7 Å². The first-order valence-corrected chi connectivity index (χ1v) is 11.2. The number of nitrogens with one attached hydrogen (secondary N) is 1. The van der Waals surface area contributed by atoms with Gasteiger partial charge in [-0.25, -0.2) is 13.9 Å². The summed E-state index contributed by atoms with van der Waals surface area (Å²) in [6.07, 6.45) is 2.66. The fourth-order valence-electron chi connectivity index (χ4n) is 4.69. The molecular formula is C24H29ClFN5O2. The van der Waals surface area contributed by atoms with E-state index in [9.17, 15) is 9.18 Å². The molecule has 7 nitrogen and oxygen atoms in total. The number of hydrogen-bond acceptors (Lipinski definition) is 5. The van der Waals surface area contributed by atoms with Crippen molar-refractivity contribution in [2.75, 3.05) is 7.05 Å². The Morgan fingerprint density at radius 3 is 2.79 bits per heavy atom. The van der Waals surface area contributed by atoms with Crippen LogP contribution in [0.3, 0.4) is 0 Å². The van der Waals surface area contributed by atoms with E-state index in [0.717, 1.165) is 41.9 Å². The highest BCUT2D eigenvalue weighted by atomic mass is 35.5. The number of amides is 1. The van der Waals surface area contributed by atoms with Gasteiger partial charge in [-0.3, -0.25) is 4.79 Å². The number of aryl methyl sites for hydroxylation is 2. The standard InChI is InChI=1S/C23H25ClFN5O2.CH4/c1-12-21(24)13(2)30-22(27-12)18-10-29(11-19(18)28-30)23(31)17-7-4-14(25)8-20(17)32-16-6-5-15(9-16)26-3;/h4,7-8,15-16,26H,5-6,9-11H2,1-3H3;1H4/t15-,16+;/m1./s1. The number of ether oxygens (including phenoxy) is 1. The Balaban J connectivity index is 0.00000259. The largest absolute Gasteiger partial charge is 0.489 e. The molecule has 33 heavy (non-hydrogen) atoms. The molecule has 0 unspecified atom stereocenters. The normalized spacial score (nSPS) is 19.6. The molecule has 0 radical (unpaired) electrons. The van der Waals surface area contributed by atoms with Gasteiger partial charge in [-0.2, -0.15) is 5.10 Å². The highest BCUT2D eigenvalue weighted by Gasteiger charge is 2.33. The molecule has 2 aromatic heterocycles. The predicted molar refractivity (Wildman–Crippen MR) is 125 cm³/mol. The molecule has 2 aliphatic rings. The van der Waals surface area contributed by atoms with Gasteiger partial charge in [-0.05, 0) is 52.3 Å². The first-order chi connectivity index (χ1) is 15.4. The van der Waals surface area contributed by atoms with Crippen LogP contribution >= 0.6 is 11.6 Å². The summed E-state index contributed by atoms with van der Waals surface area (Å²) < 4.78 is 21.8. The molecule has 0 spiro atoms. The molecule has 2 atom stereocenters. The summed E-state index contributed by atoms with van der Waals surface area (Å²) in [5.41, 5.74) is 4.35. The van der Waals surface area contributed by atoms with Crippen LogP contribution in [0.15, 0.2) is 18.2 Å². The summed E-state index contributed by atoms with van der Waals surface area (Å²) in [4.78, 5) is 19.7. The lowest BCUT2D eigenvalue weighted by atomic mass is 10.1. The number of halogens is 2. The smallest absolute Gasteiger partial charge is 0.258 e. The zero-order valence-electron chi connectivity index (χ0n) is 18.3. The molecule has 1 N–H and O–H groups in total. The lowest BCUT2D eigenvalue weighted by Gasteiger charge is -2.21. The number of rotatable bonds is 4. The van der Waals surface area contributed by atoms with Crippen LogP contribution < -0.4 is 10.1 Å². The van der Waals surface area contributed by atoms with Crippen LogP contribution in [0.4, 0.5) is 4.39 Å². The minimum Gasteiger partial charge on any atom is -0.489 e. The van der Waals surface area contributed by atoms with Crippen LogP contribution in [-0.2, 0) is 13.1 Å². The highest BCUT2D eigenvalue weighted by Crippen LogP contribution is 2.33. The molecule has 1 aliphatic carbocycles. The van der Waals surface area contributed by atoms with E-state index < -0.39 is 5.82 Å². The Labute approximate surface area is 197 Å². The molecule has 3 aromatic rings. The third-order valence-electron chi connectivity index (χ3n) is 6.50. The second-order valence-electron chi connectivity index (χ2n) is 8.60. The number of carbonyl (C=O) groups excluding carboxylic acids is 1. The molecular weight excluding hydrogens is 445 g/mol. The van der Waals surface area contributed by atoms with Gasteiger partial charge in [0.1, 0.15) is 17.7 Å². The second-order valence-corrected chi connectivity index (χ2v) is 8.98. The molecule has 176 valence electrons. The van der Waals surface area contributed by atoms with Crippen molar-refractivity contribution in [3.63, 3.8) is 0 Å².